The molecule has 0 rings (SSSR count). The van der Waals surface area contributed by atoms with E-state index in [9.17, 15) is 4.79 Å². The van der Waals surface area contributed by atoms with Crippen LogP contribution in [0.25, 0.3) is 0 Å². The Bertz CT molecular complexity index is 236. The Labute approximate surface area is 126 Å². The van der Waals surface area contributed by atoms with Crippen LogP contribution in [0.1, 0.15) is 90.9 Å². The number of carbonyl (C=O) groups excluding carboxylic acids is 1. The molecule has 0 fully saturated rings. The van der Waals surface area contributed by atoms with Gasteiger partial charge < -0.3 is 4.74 Å². The van der Waals surface area contributed by atoms with Crippen molar-refractivity contribution in [1.82, 2.24) is 0 Å². The van der Waals surface area contributed by atoms with Crippen molar-refractivity contribution < 1.29 is 9.53 Å². The Balaban J connectivity index is 3.16. The van der Waals surface area contributed by atoms with E-state index in [0.29, 0.717) is 0 Å². The molecule has 2 nitrogen and oxygen atoms in total. The quantitative estimate of drug-likeness (QED) is 0.228. The van der Waals surface area contributed by atoms with Crippen molar-refractivity contribution in [3.8, 4) is 0 Å². The van der Waals surface area contributed by atoms with E-state index in [0.717, 1.165) is 12.8 Å². The molecule has 20 heavy (non-hydrogen) atoms. The summed E-state index contributed by atoms with van der Waals surface area (Å²) in [6.07, 6.45) is 17.1. The average molecular weight is 282 g/mol. The van der Waals surface area contributed by atoms with Crippen molar-refractivity contribution in [3.63, 3.8) is 0 Å². The molecule has 0 amide bonds. The highest BCUT2D eigenvalue weighted by Crippen LogP contribution is 2.13. The fourth-order valence-corrected chi connectivity index (χ4v) is 2.40. The molecule has 0 aromatic heterocycles. The molecule has 0 saturated heterocycles. The second kappa shape index (κ2) is 14.6. The van der Waals surface area contributed by atoms with Crippen LogP contribution in [0.2, 0.25) is 0 Å². The van der Waals surface area contributed by atoms with Gasteiger partial charge in [0.1, 0.15) is 0 Å². The first-order valence-corrected chi connectivity index (χ1v) is 8.53. The highest BCUT2D eigenvalue weighted by Gasteiger charge is 2.05. The molecule has 0 saturated carbocycles. The molecule has 0 radical (unpaired) electrons. The van der Waals surface area contributed by atoms with Crippen LogP contribution in [0.3, 0.4) is 0 Å². The summed E-state index contributed by atoms with van der Waals surface area (Å²) in [5.74, 6) is -0.305. The van der Waals surface area contributed by atoms with Gasteiger partial charge in [-0.2, -0.15) is 0 Å². The highest BCUT2D eigenvalue weighted by atomic mass is 16.5. The van der Waals surface area contributed by atoms with Crippen molar-refractivity contribution in [1.29, 1.82) is 0 Å². The van der Waals surface area contributed by atoms with Crippen LogP contribution in [0.15, 0.2) is 12.7 Å². The molecule has 0 aliphatic rings. The maximum atomic E-state index is 11.0. The van der Waals surface area contributed by atoms with E-state index >= 15 is 0 Å². The van der Waals surface area contributed by atoms with Gasteiger partial charge in [0.25, 0.3) is 0 Å². The van der Waals surface area contributed by atoms with Crippen molar-refractivity contribution in [2.45, 2.75) is 97.0 Å². The summed E-state index contributed by atoms with van der Waals surface area (Å²) in [6.45, 7) is 7.62. The van der Waals surface area contributed by atoms with Crippen molar-refractivity contribution in [3.05, 3.63) is 12.7 Å². The van der Waals surface area contributed by atoms with E-state index in [4.69, 9.17) is 4.74 Å². The summed E-state index contributed by atoms with van der Waals surface area (Å²) in [4.78, 5) is 11.0. The monoisotopic (exact) mass is 282 g/mol. The minimum absolute atomic E-state index is 0.0269. The zero-order valence-corrected chi connectivity index (χ0v) is 13.7. The Morgan fingerprint density at radius 2 is 1.40 bits per heavy atom. The summed E-state index contributed by atoms with van der Waals surface area (Å²) in [7, 11) is 0. The predicted molar refractivity (Wildman–Crippen MR) is 86.8 cm³/mol. The molecule has 0 aliphatic carbocycles. The molecule has 0 aliphatic heterocycles. The molecule has 118 valence electrons. The topological polar surface area (TPSA) is 26.3 Å². The summed E-state index contributed by atoms with van der Waals surface area (Å²) < 4.78 is 5.13. The number of carbonyl (C=O) groups is 1. The molecule has 0 aromatic rings. The molecule has 0 heterocycles. The third kappa shape index (κ3) is 13.6. The average Bonchev–Trinajstić information content (AvgIpc) is 2.44. The Morgan fingerprint density at radius 1 is 0.950 bits per heavy atom. The van der Waals surface area contributed by atoms with Gasteiger partial charge in [-0.15, -0.1) is 0 Å². The molecule has 1 unspecified atom stereocenters. The second-order valence-corrected chi connectivity index (χ2v) is 5.78. The minimum atomic E-state index is -0.305. The van der Waals surface area contributed by atoms with Crippen molar-refractivity contribution >= 4 is 5.97 Å². The summed E-state index contributed by atoms with van der Waals surface area (Å²) >= 11 is 0. The highest BCUT2D eigenvalue weighted by molar-refractivity contribution is 5.81. The van der Waals surface area contributed by atoms with Gasteiger partial charge in [-0.3, -0.25) is 0 Å². The predicted octanol–water partition coefficient (Wildman–Crippen LogP) is 5.81. The van der Waals surface area contributed by atoms with E-state index in [2.05, 4.69) is 13.5 Å². The lowest BCUT2D eigenvalue weighted by molar-refractivity contribution is -0.142. The fraction of sp³-hybridized carbons (Fsp3) is 0.833. The largest absolute Gasteiger partial charge is 0.460 e. The number of rotatable bonds is 14. The van der Waals surface area contributed by atoms with Gasteiger partial charge in [0.15, 0.2) is 0 Å². The third-order valence-corrected chi connectivity index (χ3v) is 3.70. The summed E-state index contributed by atoms with van der Waals surface area (Å²) in [5, 5.41) is 0. The molecule has 0 aromatic carbocycles. The van der Waals surface area contributed by atoms with Crippen LogP contribution in [-0.2, 0) is 9.53 Å². The van der Waals surface area contributed by atoms with E-state index in [1.165, 1.54) is 70.3 Å². The van der Waals surface area contributed by atoms with Gasteiger partial charge in [-0.25, -0.2) is 4.79 Å². The van der Waals surface area contributed by atoms with Crippen molar-refractivity contribution in [2.24, 2.45) is 0 Å². The van der Waals surface area contributed by atoms with Gasteiger partial charge in [-0.1, -0.05) is 77.7 Å². The fourth-order valence-electron chi connectivity index (χ4n) is 2.40. The van der Waals surface area contributed by atoms with Crippen LogP contribution in [-0.4, -0.2) is 12.1 Å². The maximum absolute atomic E-state index is 11.0. The number of ether oxygens (including phenoxy) is 1. The lowest BCUT2D eigenvalue weighted by atomic mass is 10.0. The van der Waals surface area contributed by atoms with E-state index in [1.54, 1.807) is 0 Å². The maximum Gasteiger partial charge on any atom is 0.330 e. The second-order valence-electron chi connectivity index (χ2n) is 5.78. The zero-order valence-electron chi connectivity index (χ0n) is 13.7. The van der Waals surface area contributed by atoms with Gasteiger partial charge >= 0.3 is 5.97 Å². The molecular weight excluding hydrogens is 248 g/mol. The SMILES string of the molecule is C=CC(=O)OC(C)CCCCCCCCCCCCC. The van der Waals surface area contributed by atoms with E-state index in [1.807, 2.05) is 6.92 Å². The molecule has 0 N–H and O–H groups in total. The molecular formula is C18H34O2. The van der Waals surface area contributed by atoms with E-state index in [-0.39, 0.29) is 12.1 Å². The minimum Gasteiger partial charge on any atom is -0.460 e. The Morgan fingerprint density at radius 3 is 1.85 bits per heavy atom. The first-order valence-electron chi connectivity index (χ1n) is 8.53. The van der Waals surface area contributed by atoms with Crippen LogP contribution < -0.4 is 0 Å². The smallest absolute Gasteiger partial charge is 0.330 e. The normalized spacial score (nSPS) is 12.1. The van der Waals surface area contributed by atoms with E-state index < -0.39 is 0 Å². The molecule has 0 bridgehead atoms. The summed E-state index contributed by atoms with van der Waals surface area (Å²) in [6, 6.07) is 0. The Kier molecular flexibility index (Phi) is 14.0. The lowest BCUT2D eigenvalue weighted by Gasteiger charge is -2.11. The standard InChI is InChI=1S/C18H34O2/c1-4-6-7-8-9-10-11-12-13-14-15-16-17(3)20-18(19)5-2/h5,17H,2,4,6-16H2,1,3H3. The van der Waals surface area contributed by atoms with Gasteiger partial charge in [0.05, 0.1) is 6.10 Å². The number of hydrogen-bond donors (Lipinski definition) is 0. The third-order valence-electron chi connectivity index (χ3n) is 3.70. The summed E-state index contributed by atoms with van der Waals surface area (Å²) in [5.41, 5.74) is 0. The van der Waals surface area contributed by atoms with Crippen LogP contribution in [0, 0.1) is 0 Å². The van der Waals surface area contributed by atoms with Gasteiger partial charge in [0.2, 0.25) is 0 Å². The van der Waals surface area contributed by atoms with Crippen LogP contribution >= 0.6 is 0 Å². The first kappa shape index (κ1) is 19.2. The van der Waals surface area contributed by atoms with Gasteiger partial charge in [0, 0.05) is 6.08 Å². The number of unbranched alkanes of at least 4 members (excludes halogenated alkanes) is 10. The lowest BCUT2D eigenvalue weighted by Crippen LogP contribution is -2.12. The van der Waals surface area contributed by atoms with Crippen molar-refractivity contribution in [2.75, 3.05) is 0 Å². The zero-order chi connectivity index (χ0) is 15.1. The number of esters is 1. The Hall–Kier alpha value is -0.790. The van der Waals surface area contributed by atoms with Crippen LogP contribution in [0.4, 0.5) is 0 Å². The van der Waals surface area contributed by atoms with Gasteiger partial charge in [-0.05, 0) is 19.8 Å². The molecule has 2 heteroatoms. The number of hydrogen-bond acceptors (Lipinski definition) is 2. The van der Waals surface area contributed by atoms with Crippen LogP contribution in [0.5, 0.6) is 0 Å². The first-order chi connectivity index (χ1) is 9.70. The molecule has 0 spiro atoms. The molecule has 1 atom stereocenters.